The Morgan fingerprint density at radius 3 is 2.79 bits per heavy atom. The third kappa shape index (κ3) is 4.32. The number of amides is 1. The smallest absolute Gasteiger partial charge is 0.220 e. The number of nitrogens with zero attached hydrogens (tertiary/aromatic N) is 3. The first-order valence-corrected chi connectivity index (χ1v) is 8.93. The minimum atomic E-state index is 0.118. The number of hydrogen-bond donors (Lipinski definition) is 2. The summed E-state index contributed by atoms with van der Waals surface area (Å²) in [4.78, 5) is 23.1. The summed E-state index contributed by atoms with van der Waals surface area (Å²) < 4.78 is 0. The van der Waals surface area contributed by atoms with E-state index in [1.807, 2.05) is 6.08 Å². The summed E-state index contributed by atoms with van der Waals surface area (Å²) in [6.45, 7) is 3.93. The van der Waals surface area contributed by atoms with E-state index in [0.717, 1.165) is 50.3 Å². The molecule has 6 heteroatoms. The van der Waals surface area contributed by atoms with Gasteiger partial charge in [0.1, 0.15) is 12.1 Å². The van der Waals surface area contributed by atoms with Crippen molar-refractivity contribution in [2.75, 3.05) is 18.0 Å². The summed E-state index contributed by atoms with van der Waals surface area (Å²) in [7, 11) is 0. The Morgan fingerprint density at radius 2 is 2.12 bits per heavy atom. The van der Waals surface area contributed by atoms with E-state index < -0.39 is 0 Å². The van der Waals surface area contributed by atoms with Gasteiger partial charge in [-0.2, -0.15) is 0 Å². The van der Waals surface area contributed by atoms with Gasteiger partial charge in [0, 0.05) is 43.4 Å². The van der Waals surface area contributed by atoms with Crippen molar-refractivity contribution in [1.82, 2.24) is 15.3 Å². The molecule has 3 rings (SSSR count). The van der Waals surface area contributed by atoms with E-state index in [0.29, 0.717) is 12.3 Å². The number of anilines is 1. The van der Waals surface area contributed by atoms with Crippen LogP contribution in [0.2, 0.25) is 0 Å². The molecule has 1 aromatic heterocycles. The fraction of sp³-hybridized carbons (Fsp3) is 0.611. The maximum absolute atomic E-state index is 12.2. The van der Waals surface area contributed by atoms with Gasteiger partial charge in [0.05, 0.1) is 0 Å². The number of carbonyl (C=O) groups is 1. The molecular formula is C18H27N5O. The Hall–Kier alpha value is -1.95. The molecule has 0 unspecified atom stereocenters. The van der Waals surface area contributed by atoms with E-state index in [-0.39, 0.29) is 18.0 Å². The number of nitrogens with two attached hydrogens (primary N) is 1. The van der Waals surface area contributed by atoms with Gasteiger partial charge in [0.2, 0.25) is 5.91 Å². The van der Waals surface area contributed by atoms with Gasteiger partial charge in [-0.05, 0) is 31.6 Å². The average molecular weight is 329 g/mol. The summed E-state index contributed by atoms with van der Waals surface area (Å²) in [5.41, 5.74) is 6.91. The molecule has 1 saturated heterocycles. The van der Waals surface area contributed by atoms with Crippen molar-refractivity contribution < 1.29 is 4.79 Å². The first-order chi connectivity index (χ1) is 11.6. The molecule has 1 aliphatic heterocycles. The van der Waals surface area contributed by atoms with Crippen LogP contribution in [0, 0.1) is 5.92 Å². The van der Waals surface area contributed by atoms with Gasteiger partial charge in [0.25, 0.3) is 0 Å². The summed E-state index contributed by atoms with van der Waals surface area (Å²) in [5.74, 6) is 1.44. The third-order valence-electron chi connectivity index (χ3n) is 4.91. The molecule has 0 radical (unpaired) electrons. The zero-order chi connectivity index (χ0) is 16.9. The maximum Gasteiger partial charge on any atom is 0.220 e. The van der Waals surface area contributed by atoms with Crippen LogP contribution in [0.15, 0.2) is 24.5 Å². The van der Waals surface area contributed by atoms with Crippen molar-refractivity contribution in [3.8, 4) is 0 Å². The molecule has 1 aromatic rings. The molecule has 24 heavy (non-hydrogen) atoms. The standard InChI is InChI=1S/C18H27N5O/c1-2-15-11-17(21-12-20-15)23-7-5-16(6-8-23)22-18(24)10-13-3-4-14(19)9-13/h3-4,11-14,16H,2,5-10,19H2,1H3,(H,22,24)/t13-,14+/m0/s1. The van der Waals surface area contributed by atoms with Crippen LogP contribution in [0.3, 0.4) is 0 Å². The van der Waals surface area contributed by atoms with Crippen molar-refractivity contribution in [2.24, 2.45) is 11.7 Å². The predicted octanol–water partition coefficient (Wildman–Crippen LogP) is 1.42. The van der Waals surface area contributed by atoms with E-state index in [1.165, 1.54) is 0 Å². The van der Waals surface area contributed by atoms with Crippen LogP contribution in [0.25, 0.3) is 0 Å². The van der Waals surface area contributed by atoms with Gasteiger partial charge in [-0.1, -0.05) is 19.1 Å². The lowest BCUT2D eigenvalue weighted by atomic mass is 10.0. The molecule has 2 atom stereocenters. The maximum atomic E-state index is 12.2. The van der Waals surface area contributed by atoms with Gasteiger partial charge in [0.15, 0.2) is 0 Å². The Balaban J connectivity index is 1.45. The minimum Gasteiger partial charge on any atom is -0.356 e. The molecule has 130 valence electrons. The number of nitrogens with one attached hydrogen (secondary N) is 1. The molecule has 0 bridgehead atoms. The van der Waals surface area contributed by atoms with Gasteiger partial charge in [-0.3, -0.25) is 4.79 Å². The summed E-state index contributed by atoms with van der Waals surface area (Å²) >= 11 is 0. The fourth-order valence-electron chi connectivity index (χ4n) is 3.49. The second-order valence-electron chi connectivity index (χ2n) is 6.80. The number of aromatic nitrogens is 2. The lowest BCUT2D eigenvalue weighted by Gasteiger charge is -2.33. The molecule has 2 aliphatic rings. The first-order valence-electron chi connectivity index (χ1n) is 8.93. The number of rotatable bonds is 5. The van der Waals surface area contributed by atoms with Crippen molar-refractivity contribution in [3.63, 3.8) is 0 Å². The molecule has 3 N–H and O–H groups in total. The van der Waals surface area contributed by atoms with Gasteiger partial charge < -0.3 is 16.0 Å². The molecule has 1 aliphatic carbocycles. The molecular weight excluding hydrogens is 302 g/mol. The quantitative estimate of drug-likeness (QED) is 0.798. The van der Waals surface area contributed by atoms with E-state index in [9.17, 15) is 4.79 Å². The monoisotopic (exact) mass is 329 g/mol. The predicted molar refractivity (Wildman–Crippen MR) is 94.6 cm³/mol. The van der Waals surface area contributed by atoms with Crippen LogP contribution in [0.4, 0.5) is 5.82 Å². The molecule has 0 aromatic carbocycles. The van der Waals surface area contributed by atoms with E-state index >= 15 is 0 Å². The van der Waals surface area contributed by atoms with E-state index in [2.05, 4.69) is 39.3 Å². The Labute approximate surface area is 143 Å². The highest BCUT2D eigenvalue weighted by molar-refractivity contribution is 5.76. The number of carbonyl (C=O) groups excluding carboxylic acids is 1. The van der Waals surface area contributed by atoms with E-state index in [1.54, 1.807) is 6.33 Å². The topological polar surface area (TPSA) is 84.1 Å². The Bertz CT molecular complexity index is 595. The fourth-order valence-corrected chi connectivity index (χ4v) is 3.49. The van der Waals surface area contributed by atoms with Crippen molar-refractivity contribution in [3.05, 3.63) is 30.2 Å². The van der Waals surface area contributed by atoms with Crippen LogP contribution in [0.1, 0.15) is 38.3 Å². The highest BCUT2D eigenvalue weighted by Gasteiger charge is 2.24. The second-order valence-corrected chi connectivity index (χ2v) is 6.80. The van der Waals surface area contributed by atoms with Crippen LogP contribution >= 0.6 is 0 Å². The molecule has 0 spiro atoms. The third-order valence-corrected chi connectivity index (χ3v) is 4.91. The lowest BCUT2D eigenvalue weighted by Crippen LogP contribution is -2.45. The molecule has 1 amide bonds. The first kappa shape index (κ1) is 16.9. The van der Waals surface area contributed by atoms with Gasteiger partial charge in [-0.15, -0.1) is 0 Å². The van der Waals surface area contributed by atoms with Crippen molar-refractivity contribution in [1.29, 1.82) is 0 Å². The van der Waals surface area contributed by atoms with E-state index in [4.69, 9.17) is 5.73 Å². The van der Waals surface area contributed by atoms with Gasteiger partial charge in [-0.25, -0.2) is 9.97 Å². The average Bonchev–Trinajstić information content (AvgIpc) is 3.00. The number of aryl methyl sites for hydroxylation is 1. The largest absolute Gasteiger partial charge is 0.356 e. The summed E-state index contributed by atoms with van der Waals surface area (Å²) in [6.07, 6.45) is 9.99. The highest BCUT2D eigenvalue weighted by Crippen LogP contribution is 2.21. The Morgan fingerprint density at radius 1 is 1.33 bits per heavy atom. The zero-order valence-electron chi connectivity index (χ0n) is 14.3. The lowest BCUT2D eigenvalue weighted by molar-refractivity contribution is -0.122. The van der Waals surface area contributed by atoms with Crippen molar-refractivity contribution >= 4 is 11.7 Å². The number of allylic oxidation sites excluding steroid dienone is 1. The van der Waals surface area contributed by atoms with Crippen LogP contribution in [0.5, 0.6) is 0 Å². The van der Waals surface area contributed by atoms with Crippen LogP contribution in [-0.4, -0.2) is 41.0 Å². The second kappa shape index (κ2) is 7.75. The summed E-state index contributed by atoms with van der Waals surface area (Å²) in [5, 5.41) is 3.18. The molecule has 0 saturated carbocycles. The van der Waals surface area contributed by atoms with Crippen LogP contribution < -0.4 is 16.0 Å². The number of piperidine rings is 1. The van der Waals surface area contributed by atoms with Crippen LogP contribution in [-0.2, 0) is 11.2 Å². The highest BCUT2D eigenvalue weighted by atomic mass is 16.1. The zero-order valence-corrected chi connectivity index (χ0v) is 14.3. The molecule has 1 fully saturated rings. The molecule has 2 heterocycles. The van der Waals surface area contributed by atoms with Gasteiger partial charge >= 0.3 is 0 Å². The molecule has 6 nitrogen and oxygen atoms in total. The summed E-state index contributed by atoms with van der Waals surface area (Å²) in [6, 6.07) is 2.45. The Kier molecular flexibility index (Phi) is 5.45. The normalized spacial score (nSPS) is 24.3. The van der Waals surface area contributed by atoms with Crippen molar-refractivity contribution in [2.45, 2.75) is 51.1 Å². The number of hydrogen-bond acceptors (Lipinski definition) is 5. The minimum absolute atomic E-state index is 0.118. The SMILES string of the molecule is CCc1cc(N2CCC(NC(=O)C[C@H]3C=C[C@@H](N)C3)CC2)ncn1.